The van der Waals surface area contributed by atoms with Crippen molar-refractivity contribution in [2.24, 2.45) is 0 Å². The maximum atomic E-state index is 2.32. The quantitative estimate of drug-likeness (QED) is 0.139. The zero-order valence-corrected chi connectivity index (χ0v) is 31.0. The number of anilines is 6. The predicted molar refractivity (Wildman–Crippen MR) is 238 cm³/mol. The SMILES string of the molecule is c1ccc(-c2ccc(N(c3ccccc3)c3ccc(-c4ccccc4-c4ccc(N(c5ccccc5)c5ccc(-c6ccccc6)cc5)cc4)cc3)cc2)cc1. The van der Waals surface area contributed by atoms with Gasteiger partial charge in [0.05, 0.1) is 0 Å². The Morgan fingerprint density at radius 1 is 0.161 bits per heavy atom. The highest BCUT2D eigenvalue weighted by atomic mass is 15.1. The molecule has 0 N–H and O–H groups in total. The van der Waals surface area contributed by atoms with E-state index in [-0.39, 0.29) is 0 Å². The van der Waals surface area contributed by atoms with E-state index in [1.165, 1.54) is 44.5 Å². The van der Waals surface area contributed by atoms with Crippen molar-refractivity contribution < 1.29 is 0 Å². The maximum absolute atomic E-state index is 2.32. The maximum Gasteiger partial charge on any atom is 0.0462 e. The molecule has 0 aromatic heterocycles. The van der Waals surface area contributed by atoms with Gasteiger partial charge >= 0.3 is 0 Å². The molecule has 266 valence electrons. The predicted octanol–water partition coefficient (Wildman–Crippen LogP) is 15.3. The fourth-order valence-corrected chi connectivity index (χ4v) is 7.48. The molecule has 0 amide bonds. The first-order chi connectivity index (χ1) is 27.8. The van der Waals surface area contributed by atoms with Crippen molar-refractivity contribution in [1.29, 1.82) is 0 Å². The zero-order chi connectivity index (χ0) is 37.5. The summed E-state index contributed by atoms with van der Waals surface area (Å²) < 4.78 is 0. The first-order valence-electron chi connectivity index (χ1n) is 19.1. The Balaban J connectivity index is 1.02. The van der Waals surface area contributed by atoms with Gasteiger partial charge in [0.2, 0.25) is 0 Å². The van der Waals surface area contributed by atoms with Gasteiger partial charge in [-0.1, -0.05) is 170 Å². The average molecular weight is 717 g/mol. The molecular formula is C54H40N2. The molecule has 0 aliphatic carbocycles. The number of hydrogen-bond acceptors (Lipinski definition) is 2. The number of benzene rings is 9. The number of para-hydroxylation sites is 2. The summed E-state index contributed by atoms with van der Waals surface area (Å²) in [6.07, 6.45) is 0. The van der Waals surface area contributed by atoms with Gasteiger partial charge in [0.1, 0.15) is 0 Å². The summed E-state index contributed by atoms with van der Waals surface area (Å²) in [6.45, 7) is 0. The average Bonchev–Trinajstić information content (AvgIpc) is 3.29. The number of rotatable bonds is 10. The topological polar surface area (TPSA) is 6.48 Å². The van der Waals surface area contributed by atoms with Crippen LogP contribution in [-0.2, 0) is 0 Å². The molecule has 0 saturated heterocycles. The molecule has 56 heavy (non-hydrogen) atoms. The van der Waals surface area contributed by atoms with Crippen LogP contribution in [0.5, 0.6) is 0 Å². The minimum absolute atomic E-state index is 1.10. The van der Waals surface area contributed by atoms with E-state index in [1.807, 2.05) is 0 Å². The molecule has 0 fully saturated rings. The molecule has 0 radical (unpaired) electrons. The molecule has 9 rings (SSSR count). The Morgan fingerprint density at radius 2 is 0.375 bits per heavy atom. The normalized spacial score (nSPS) is 10.9. The molecule has 0 unspecified atom stereocenters. The van der Waals surface area contributed by atoms with Gasteiger partial charge < -0.3 is 9.80 Å². The molecule has 0 heterocycles. The third kappa shape index (κ3) is 7.24. The van der Waals surface area contributed by atoms with Crippen LogP contribution >= 0.6 is 0 Å². The Morgan fingerprint density at radius 3 is 0.679 bits per heavy atom. The highest BCUT2D eigenvalue weighted by molar-refractivity contribution is 5.87. The van der Waals surface area contributed by atoms with Crippen LogP contribution < -0.4 is 9.80 Å². The van der Waals surface area contributed by atoms with Gasteiger partial charge in [-0.05, 0) is 117 Å². The Hall–Kier alpha value is -7.42. The van der Waals surface area contributed by atoms with E-state index in [9.17, 15) is 0 Å². The third-order valence-corrected chi connectivity index (χ3v) is 10.3. The summed E-state index contributed by atoms with van der Waals surface area (Å²) in [5.41, 5.74) is 16.2. The van der Waals surface area contributed by atoms with Crippen LogP contribution in [0, 0.1) is 0 Å². The van der Waals surface area contributed by atoms with Crippen molar-refractivity contribution in [2.45, 2.75) is 0 Å². The second kappa shape index (κ2) is 15.9. The highest BCUT2D eigenvalue weighted by Gasteiger charge is 2.16. The fourth-order valence-electron chi connectivity index (χ4n) is 7.48. The molecule has 9 aromatic carbocycles. The summed E-state index contributed by atoms with van der Waals surface area (Å²) in [4.78, 5) is 4.63. The van der Waals surface area contributed by atoms with E-state index < -0.39 is 0 Å². The molecule has 0 bridgehead atoms. The summed E-state index contributed by atoms with van der Waals surface area (Å²) in [7, 11) is 0. The largest absolute Gasteiger partial charge is 0.311 e. The molecule has 0 atom stereocenters. The van der Waals surface area contributed by atoms with Gasteiger partial charge in [0, 0.05) is 34.1 Å². The van der Waals surface area contributed by atoms with E-state index >= 15 is 0 Å². The fraction of sp³-hybridized carbons (Fsp3) is 0. The minimum Gasteiger partial charge on any atom is -0.311 e. The molecule has 0 aliphatic heterocycles. The van der Waals surface area contributed by atoms with Crippen molar-refractivity contribution in [3.8, 4) is 44.5 Å². The molecule has 2 heteroatoms. The van der Waals surface area contributed by atoms with Gasteiger partial charge in [0.25, 0.3) is 0 Å². The van der Waals surface area contributed by atoms with E-state index in [1.54, 1.807) is 0 Å². The summed E-state index contributed by atoms with van der Waals surface area (Å²) in [5.74, 6) is 0. The Kier molecular flexibility index (Phi) is 9.75. The van der Waals surface area contributed by atoms with Gasteiger partial charge in [-0.3, -0.25) is 0 Å². The number of hydrogen-bond donors (Lipinski definition) is 0. The molecule has 2 nitrogen and oxygen atoms in total. The van der Waals surface area contributed by atoms with E-state index in [2.05, 4.69) is 252 Å². The van der Waals surface area contributed by atoms with E-state index in [4.69, 9.17) is 0 Å². The molecule has 0 saturated carbocycles. The van der Waals surface area contributed by atoms with Crippen LogP contribution in [0.25, 0.3) is 44.5 Å². The Labute approximate surface area is 329 Å². The van der Waals surface area contributed by atoms with Crippen LogP contribution in [0.4, 0.5) is 34.1 Å². The highest BCUT2D eigenvalue weighted by Crippen LogP contribution is 2.40. The van der Waals surface area contributed by atoms with Crippen LogP contribution in [0.3, 0.4) is 0 Å². The minimum atomic E-state index is 1.10. The lowest BCUT2D eigenvalue weighted by atomic mass is 9.94. The zero-order valence-electron chi connectivity index (χ0n) is 31.0. The number of nitrogens with zero attached hydrogens (tertiary/aromatic N) is 2. The lowest BCUT2D eigenvalue weighted by molar-refractivity contribution is 1.28. The lowest BCUT2D eigenvalue weighted by Gasteiger charge is -2.26. The van der Waals surface area contributed by atoms with Crippen molar-refractivity contribution in [3.05, 3.63) is 243 Å². The van der Waals surface area contributed by atoms with Crippen LogP contribution in [0.1, 0.15) is 0 Å². The van der Waals surface area contributed by atoms with Gasteiger partial charge in [-0.25, -0.2) is 0 Å². The monoisotopic (exact) mass is 716 g/mol. The lowest BCUT2D eigenvalue weighted by Crippen LogP contribution is -2.09. The van der Waals surface area contributed by atoms with Gasteiger partial charge in [-0.15, -0.1) is 0 Å². The van der Waals surface area contributed by atoms with Crippen molar-refractivity contribution >= 4 is 34.1 Å². The first kappa shape index (κ1) is 34.4. The third-order valence-electron chi connectivity index (χ3n) is 10.3. The van der Waals surface area contributed by atoms with Crippen LogP contribution in [0.2, 0.25) is 0 Å². The summed E-state index contributed by atoms with van der Waals surface area (Å²) >= 11 is 0. The molecule has 9 aromatic rings. The van der Waals surface area contributed by atoms with Crippen molar-refractivity contribution in [3.63, 3.8) is 0 Å². The summed E-state index contributed by atoms with van der Waals surface area (Å²) in [5, 5.41) is 0. The van der Waals surface area contributed by atoms with E-state index in [0.29, 0.717) is 0 Å². The van der Waals surface area contributed by atoms with Gasteiger partial charge in [-0.2, -0.15) is 0 Å². The molecule has 0 spiro atoms. The molecule has 0 aliphatic rings. The Bertz CT molecular complexity index is 2430. The second-order valence-corrected chi connectivity index (χ2v) is 13.8. The first-order valence-corrected chi connectivity index (χ1v) is 19.1. The van der Waals surface area contributed by atoms with Crippen LogP contribution in [0.15, 0.2) is 243 Å². The van der Waals surface area contributed by atoms with E-state index in [0.717, 1.165) is 34.1 Å². The van der Waals surface area contributed by atoms with Gasteiger partial charge in [0.15, 0.2) is 0 Å². The smallest absolute Gasteiger partial charge is 0.0462 e. The van der Waals surface area contributed by atoms with Crippen molar-refractivity contribution in [2.75, 3.05) is 9.80 Å². The van der Waals surface area contributed by atoms with Crippen LogP contribution in [-0.4, -0.2) is 0 Å². The molecular weight excluding hydrogens is 677 g/mol. The van der Waals surface area contributed by atoms with Crippen molar-refractivity contribution in [1.82, 2.24) is 0 Å². The second-order valence-electron chi connectivity index (χ2n) is 13.8. The summed E-state index contributed by atoms with van der Waals surface area (Å²) in [6, 6.07) is 86.5. The standard InChI is InChI=1S/C54H40N2/c1-5-15-41(16-6-1)43-25-33-49(34-26-43)55(47-19-9-3-10-20-47)51-37-29-45(30-38-51)53-23-13-14-24-54(53)46-31-39-52(40-32-46)56(48-21-11-4-12-22-48)50-35-27-44(28-36-50)42-17-7-2-8-18-42/h1-40H.